The topological polar surface area (TPSA) is 58.6 Å². The minimum absolute atomic E-state index is 0.157. The maximum absolute atomic E-state index is 13.7. The van der Waals surface area contributed by atoms with Gasteiger partial charge in [-0.05, 0) is 64.5 Å². The molecule has 0 bridgehead atoms. The van der Waals surface area contributed by atoms with Crippen molar-refractivity contribution in [2.24, 2.45) is 0 Å². The molecule has 0 aromatic heterocycles. The molecule has 0 aliphatic rings. The molecule has 3 aromatic carbocycles. The average molecular weight is 552 g/mol. The van der Waals surface area contributed by atoms with Crippen LogP contribution in [0, 0.1) is 6.92 Å². The van der Waals surface area contributed by atoms with Gasteiger partial charge in [0.25, 0.3) is 5.91 Å². The number of aryl methyl sites for hydroxylation is 2. The molecule has 3 rings (SSSR count). The second-order valence-corrected chi connectivity index (χ2v) is 9.77. The number of carbonyl (C=O) groups is 2. The number of hydrogen-bond donors (Lipinski definition) is 1. The molecule has 1 atom stereocenters. The van der Waals surface area contributed by atoms with Crippen LogP contribution in [0.25, 0.3) is 0 Å². The molecular weight excluding hydrogens is 516 g/mol. The Balaban J connectivity index is 1.89. The number of halogens is 1. The Kier molecular flexibility index (Phi) is 10.6. The molecule has 36 heavy (non-hydrogen) atoms. The van der Waals surface area contributed by atoms with E-state index in [-0.39, 0.29) is 18.4 Å². The SMILES string of the molecule is CCCNC(=O)[C@H](Cc1ccccc1)N(Cc1cccc(C)c1)C(=O)COc1ccc(CC)cc1Br. The lowest BCUT2D eigenvalue weighted by Gasteiger charge is -2.31. The van der Waals surface area contributed by atoms with Gasteiger partial charge >= 0.3 is 0 Å². The quantitative estimate of drug-likeness (QED) is 0.307. The van der Waals surface area contributed by atoms with Crippen LogP contribution in [0.5, 0.6) is 5.75 Å². The van der Waals surface area contributed by atoms with Crippen molar-refractivity contribution in [2.75, 3.05) is 13.2 Å². The van der Waals surface area contributed by atoms with Crippen molar-refractivity contribution in [1.29, 1.82) is 0 Å². The Morgan fingerprint density at radius 1 is 0.944 bits per heavy atom. The number of nitrogens with zero attached hydrogens (tertiary/aromatic N) is 1. The molecule has 3 aromatic rings. The van der Waals surface area contributed by atoms with Gasteiger partial charge in [0.2, 0.25) is 5.91 Å². The third kappa shape index (κ3) is 7.95. The summed E-state index contributed by atoms with van der Waals surface area (Å²) in [5.74, 6) is 0.205. The molecule has 0 saturated heterocycles. The van der Waals surface area contributed by atoms with E-state index in [0.29, 0.717) is 25.3 Å². The third-order valence-electron chi connectivity index (χ3n) is 6.01. The Morgan fingerprint density at radius 2 is 1.69 bits per heavy atom. The van der Waals surface area contributed by atoms with E-state index in [1.54, 1.807) is 4.90 Å². The number of hydrogen-bond acceptors (Lipinski definition) is 3. The molecule has 0 unspecified atom stereocenters. The molecule has 2 amide bonds. The first-order valence-electron chi connectivity index (χ1n) is 12.5. The van der Waals surface area contributed by atoms with Gasteiger partial charge in [0, 0.05) is 19.5 Å². The van der Waals surface area contributed by atoms with E-state index in [1.807, 2.05) is 86.6 Å². The molecular formula is C30H35BrN2O3. The highest BCUT2D eigenvalue weighted by Gasteiger charge is 2.30. The van der Waals surface area contributed by atoms with Crippen LogP contribution in [-0.2, 0) is 29.0 Å². The summed E-state index contributed by atoms with van der Waals surface area (Å²) in [6.45, 7) is 6.83. The van der Waals surface area contributed by atoms with Crippen molar-refractivity contribution in [2.45, 2.75) is 52.6 Å². The monoisotopic (exact) mass is 550 g/mol. The Morgan fingerprint density at radius 3 is 2.36 bits per heavy atom. The summed E-state index contributed by atoms with van der Waals surface area (Å²) in [7, 11) is 0. The lowest BCUT2D eigenvalue weighted by atomic mass is 10.0. The zero-order chi connectivity index (χ0) is 25.9. The summed E-state index contributed by atoms with van der Waals surface area (Å²) in [5, 5.41) is 3.00. The van der Waals surface area contributed by atoms with Gasteiger partial charge in [-0.1, -0.05) is 80.1 Å². The van der Waals surface area contributed by atoms with Crippen molar-refractivity contribution in [3.05, 3.63) is 99.5 Å². The summed E-state index contributed by atoms with van der Waals surface area (Å²) in [5.41, 5.74) is 4.25. The lowest BCUT2D eigenvalue weighted by molar-refractivity contribution is -0.142. The van der Waals surface area contributed by atoms with E-state index in [1.165, 1.54) is 5.56 Å². The summed E-state index contributed by atoms with van der Waals surface area (Å²) in [6.07, 6.45) is 2.15. The third-order valence-corrected chi connectivity index (χ3v) is 6.63. The van der Waals surface area contributed by atoms with Crippen LogP contribution in [0.2, 0.25) is 0 Å². The smallest absolute Gasteiger partial charge is 0.261 e. The van der Waals surface area contributed by atoms with Crippen LogP contribution in [0.1, 0.15) is 42.5 Å². The molecule has 6 heteroatoms. The van der Waals surface area contributed by atoms with E-state index in [4.69, 9.17) is 4.74 Å². The standard InChI is InChI=1S/C30H35BrN2O3/c1-4-16-32-30(35)27(19-24-11-7-6-8-12-24)33(20-25-13-9-10-22(3)17-25)29(34)21-36-28-15-14-23(5-2)18-26(28)31/h6-15,17-18,27H,4-5,16,19-21H2,1-3H3,(H,32,35)/t27-/m0/s1. The maximum Gasteiger partial charge on any atom is 0.261 e. The van der Waals surface area contributed by atoms with E-state index in [0.717, 1.165) is 34.0 Å². The van der Waals surface area contributed by atoms with Crippen LogP contribution >= 0.6 is 15.9 Å². The van der Waals surface area contributed by atoms with Crippen LogP contribution in [0.3, 0.4) is 0 Å². The van der Waals surface area contributed by atoms with E-state index >= 15 is 0 Å². The fourth-order valence-corrected chi connectivity index (χ4v) is 4.57. The number of amides is 2. The van der Waals surface area contributed by atoms with Gasteiger partial charge in [-0.25, -0.2) is 0 Å². The minimum atomic E-state index is -0.665. The molecule has 0 fully saturated rings. The van der Waals surface area contributed by atoms with Crippen molar-refractivity contribution in [3.8, 4) is 5.75 Å². The first-order valence-corrected chi connectivity index (χ1v) is 13.3. The number of ether oxygens (including phenoxy) is 1. The molecule has 1 N–H and O–H groups in total. The van der Waals surface area contributed by atoms with E-state index in [9.17, 15) is 9.59 Å². The minimum Gasteiger partial charge on any atom is -0.483 e. The molecule has 0 aliphatic heterocycles. The second-order valence-electron chi connectivity index (χ2n) is 8.91. The van der Waals surface area contributed by atoms with Crippen LogP contribution in [0.4, 0.5) is 0 Å². The fraction of sp³-hybridized carbons (Fsp3) is 0.333. The zero-order valence-corrected chi connectivity index (χ0v) is 22.9. The average Bonchev–Trinajstić information content (AvgIpc) is 2.89. The van der Waals surface area contributed by atoms with Crippen molar-refractivity contribution in [3.63, 3.8) is 0 Å². The van der Waals surface area contributed by atoms with Gasteiger partial charge in [-0.2, -0.15) is 0 Å². The summed E-state index contributed by atoms with van der Waals surface area (Å²) < 4.78 is 6.74. The van der Waals surface area contributed by atoms with Gasteiger partial charge in [0.05, 0.1) is 4.47 Å². The second kappa shape index (κ2) is 13.8. The molecule has 0 spiro atoms. The largest absolute Gasteiger partial charge is 0.483 e. The molecule has 0 saturated carbocycles. The first-order chi connectivity index (χ1) is 17.4. The van der Waals surface area contributed by atoms with Crippen molar-refractivity contribution in [1.82, 2.24) is 10.2 Å². The Bertz CT molecular complexity index is 1150. The van der Waals surface area contributed by atoms with E-state index < -0.39 is 6.04 Å². The number of nitrogens with one attached hydrogen (secondary N) is 1. The van der Waals surface area contributed by atoms with E-state index in [2.05, 4.69) is 28.2 Å². The summed E-state index contributed by atoms with van der Waals surface area (Å²) in [6, 6.07) is 23.0. The first kappa shape index (κ1) is 27.5. The van der Waals surface area contributed by atoms with Crippen molar-refractivity contribution < 1.29 is 14.3 Å². The molecule has 0 aliphatic carbocycles. The van der Waals surface area contributed by atoms with Gasteiger partial charge in [-0.15, -0.1) is 0 Å². The molecule has 0 radical (unpaired) electrons. The predicted octanol–water partition coefficient (Wildman–Crippen LogP) is 5.87. The highest BCUT2D eigenvalue weighted by atomic mass is 79.9. The molecule has 190 valence electrons. The highest BCUT2D eigenvalue weighted by Crippen LogP contribution is 2.26. The summed E-state index contributed by atoms with van der Waals surface area (Å²) >= 11 is 3.55. The van der Waals surface area contributed by atoms with Gasteiger partial charge in [0.1, 0.15) is 11.8 Å². The summed E-state index contributed by atoms with van der Waals surface area (Å²) in [4.78, 5) is 28.7. The number of benzene rings is 3. The lowest BCUT2D eigenvalue weighted by Crippen LogP contribution is -2.51. The fourth-order valence-electron chi connectivity index (χ4n) is 4.03. The number of carbonyl (C=O) groups excluding carboxylic acids is 2. The van der Waals surface area contributed by atoms with Crippen LogP contribution in [-0.4, -0.2) is 35.9 Å². The van der Waals surface area contributed by atoms with Crippen LogP contribution < -0.4 is 10.1 Å². The van der Waals surface area contributed by atoms with Gasteiger partial charge in [0.15, 0.2) is 6.61 Å². The maximum atomic E-state index is 13.7. The normalized spacial score (nSPS) is 11.6. The van der Waals surface area contributed by atoms with Gasteiger partial charge < -0.3 is 15.0 Å². The van der Waals surface area contributed by atoms with Gasteiger partial charge in [-0.3, -0.25) is 9.59 Å². The predicted molar refractivity (Wildman–Crippen MR) is 148 cm³/mol. The number of rotatable bonds is 12. The molecule has 5 nitrogen and oxygen atoms in total. The van der Waals surface area contributed by atoms with Crippen LogP contribution in [0.15, 0.2) is 77.3 Å². The highest BCUT2D eigenvalue weighted by molar-refractivity contribution is 9.10. The molecule has 0 heterocycles. The Hall–Kier alpha value is -3.12. The van der Waals surface area contributed by atoms with Crippen molar-refractivity contribution >= 4 is 27.7 Å². The Labute approximate surface area is 223 Å². The zero-order valence-electron chi connectivity index (χ0n) is 21.3.